The van der Waals surface area contributed by atoms with Gasteiger partial charge in [0.1, 0.15) is 11.4 Å². The minimum absolute atomic E-state index is 0.705. The van der Waals surface area contributed by atoms with E-state index in [2.05, 4.69) is 10.2 Å². The Kier molecular flexibility index (Phi) is 3.80. The van der Waals surface area contributed by atoms with Crippen LogP contribution in [0.5, 0.6) is 5.75 Å². The summed E-state index contributed by atoms with van der Waals surface area (Å²) in [5, 5.41) is 8.51. The number of anilines is 1. The molecule has 0 saturated carbocycles. The summed E-state index contributed by atoms with van der Waals surface area (Å²) in [5.41, 5.74) is 10.1. The van der Waals surface area contributed by atoms with Gasteiger partial charge in [0.15, 0.2) is 0 Å². The molecule has 0 spiro atoms. The summed E-state index contributed by atoms with van der Waals surface area (Å²) in [5.74, 6) is 0.705. The molecule has 2 aromatic rings. The van der Waals surface area contributed by atoms with Crippen molar-refractivity contribution >= 4 is 17.1 Å². The third kappa shape index (κ3) is 2.91. The first-order valence-electron chi connectivity index (χ1n) is 6.03. The number of hydrogen-bond donors (Lipinski definition) is 1. The van der Waals surface area contributed by atoms with Gasteiger partial charge < -0.3 is 10.5 Å². The molecule has 0 radical (unpaired) electrons. The van der Waals surface area contributed by atoms with E-state index in [1.165, 1.54) is 0 Å². The zero-order chi connectivity index (χ0) is 13.8. The smallest absolute Gasteiger partial charge is 0.146 e. The number of azo groups is 1. The first-order chi connectivity index (χ1) is 9.11. The van der Waals surface area contributed by atoms with Gasteiger partial charge >= 0.3 is 0 Å². The fraction of sp³-hybridized carbons (Fsp3) is 0.200. The van der Waals surface area contributed by atoms with Crippen LogP contribution in [0.15, 0.2) is 46.6 Å². The fourth-order valence-corrected chi connectivity index (χ4v) is 1.75. The lowest BCUT2D eigenvalue weighted by Crippen LogP contribution is -1.90. The Morgan fingerprint density at radius 3 is 2.37 bits per heavy atom. The first-order valence-corrected chi connectivity index (χ1v) is 6.03. The monoisotopic (exact) mass is 255 g/mol. The van der Waals surface area contributed by atoms with Crippen LogP contribution >= 0.6 is 0 Å². The second kappa shape index (κ2) is 5.52. The van der Waals surface area contributed by atoms with Crippen molar-refractivity contribution in [2.24, 2.45) is 10.2 Å². The zero-order valence-corrected chi connectivity index (χ0v) is 11.3. The largest absolute Gasteiger partial charge is 0.494 e. The molecule has 0 aliphatic carbocycles. The van der Waals surface area contributed by atoms with Crippen LogP contribution in [-0.4, -0.2) is 7.11 Å². The lowest BCUT2D eigenvalue weighted by atomic mass is 10.1. The van der Waals surface area contributed by atoms with Gasteiger partial charge in [-0.1, -0.05) is 12.1 Å². The van der Waals surface area contributed by atoms with Crippen molar-refractivity contribution in [2.75, 3.05) is 12.8 Å². The summed E-state index contributed by atoms with van der Waals surface area (Å²) in [4.78, 5) is 0. The molecule has 19 heavy (non-hydrogen) atoms. The number of rotatable bonds is 3. The maximum absolute atomic E-state index is 5.85. The van der Waals surface area contributed by atoms with Gasteiger partial charge in [-0.15, -0.1) is 5.11 Å². The van der Waals surface area contributed by atoms with Crippen molar-refractivity contribution in [3.05, 3.63) is 47.5 Å². The Morgan fingerprint density at radius 2 is 1.63 bits per heavy atom. The van der Waals surface area contributed by atoms with Crippen LogP contribution in [0, 0.1) is 13.8 Å². The molecule has 0 amide bonds. The average molecular weight is 255 g/mol. The molecule has 2 rings (SSSR count). The number of methoxy groups -OCH3 is 1. The van der Waals surface area contributed by atoms with Crippen LogP contribution in [0.4, 0.5) is 17.1 Å². The Labute approximate surface area is 112 Å². The van der Waals surface area contributed by atoms with E-state index in [0.29, 0.717) is 11.4 Å². The molecule has 0 aliphatic heterocycles. The highest BCUT2D eigenvalue weighted by Gasteiger charge is 2.03. The molecule has 0 aromatic heterocycles. The maximum Gasteiger partial charge on any atom is 0.146 e. The van der Waals surface area contributed by atoms with E-state index in [1.54, 1.807) is 7.11 Å². The predicted octanol–water partition coefficient (Wildman–Crippen LogP) is 4.31. The Bertz CT molecular complexity index is 621. The molecule has 0 atom stereocenters. The number of benzene rings is 2. The summed E-state index contributed by atoms with van der Waals surface area (Å²) in [7, 11) is 1.62. The van der Waals surface area contributed by atoms with Gasteiger partial charge in [-0.05, 0) is 49.2 Å². The number of nitrogens with two attached hydrogens (primary N) is 1. The average Bonchev–Trinajstić information content (AvgIpc) is 2.41. The SMILES string of the molecule is COc1ccccc1/N=N/c1cc(C)c(N)cc1C. The van der Waals surface area contributed by atoms with Gasteiger partial charge in [0, 0.05) is 5.69 Å². The van der Waals surface area contributed by atoms with Crippen molar-refractivity contribution in [2.45, 2.75) is 13.8 Å². The molecular formula is C15H17N3O. The number of para-hydroxylation sites is 1. The Hall–Kier alpha value is -2.36. The van der Waals surface area contributed by atoms with Gasteiger partial charge in [-0.2, -0.15) is 5.11 Å². The number of ether oxygens (including phenoxy) is 1. The highest BCUT2D eigenvalue weighted by atomic mass is 16.5. The lowest BCUT2D eigenvalue weighted by molar-refractivity contribution is 0.416. The minimum atomic E-state index is 0.705. The van der Waals surface area contributed by atoms with Crippen molar-refractivity contribution in [1.29, 1.82) is 0 Å². The van der Waals surface area contributed by atoms with E-state index in [0.717, 1.165) is 22.5 Å². The molecule has 0 heterocycles. The quantitative estimate of drug-likeness (QED) is 0.656. The van der Waals surface area contributed by atoms with Crippen molar-refractivity contribution in [1.82, 2.24) is 0 Å². The van der Waals surface area contributed by atoms with Crippen LogP contribution in [0.1, 0.15) is 11.1 Å². The molecule has 0 bridgehead atoms. The summed E-state index contributed by atoms with van der Waals surface area (Å²) in [6.07, 6.45) is 0. The van der Waals surface area contributed by atoms with Gasteiger partial charge in [-0.3, -0.25) is 0 Å². The molecule has 0 saturated heterocycles. The van der Waals surface area contributed by atoms with Crippen molar-refractivity contribution in [3.63, 3.8) is 0 Å². The second-order valence-electron chi connectivity index (χ2n) is 4.37. The number of hydrogen-bond acceptors (Lipinski definition) is 4. The third-order valence-corrected chi connectivity index (χ3v) is 2.94. The molecule has 4 heteroatoms. The molecule has 0 unspecified atom stereocenters. The normalized spacial score (nSPS) is 10.9. The molecule has 2 aromatic carbocycles. The zero-order valence-electron chi connectivity index (χ0n) is 11.3. The molecule has 98 valence electrons. The van der Waals surface area contributed by atoms with E-state index < -0.39 is 0 Å². The topological polar surface area (TPSA) is 60.0 Å². The number of nitrogens with zero attached hydrogens (tertiary/aromatic N) is 2. The Morgan fingerprint density at radius 1 is 0.947 bits per heavy atom. The van der Waals surface area contributed by atoms with E-state index in [1.807, 2.05) is 50.2 Å². The Balaban J connectivity index is 2.35. The fourth-order valence-electron chi connectivity index (χ4n) is 1.75. The number of nitrogen functional groups attached to an aromatic ring is 1. The van der Waals surface area contributed by atoms with Gasteiger partial charge in [0.05, 0.1) is 12.8 Å². The maximum atomic E-state index is 5.85. The molecule has 0 aliphatic rings. The summed E-state index contributed by atoms with van der Waals surface area (Å²) < 4.78 is 5.23. The van der Waals surface area contributed by atoms with Gasteiger partial charge in [-0.25, -0.2) is 0 Å². The number of aryl methyl sites for hydroxylation is 2. The van der Waals surface area contributed by atoms with Crippen LogP contribution in [0.25, 0.3) is 0 Å². The van der Waals surface area contributed by atoms with E-state index >= 15 is 0 Å². The van der Waals surface area contributed by atoms with E-state index in [9.17, 15) is 0 Å². The lowest BCUT2D eigenvalue weighted by Gasteiger charge is -2.05. The summed E-state index contributed by atoms with van der Waals surface area (Å²) in [6, 6.07) is 11.4. The van der Waals surface area contributed by atoms with E-state index in [-0.39, 0.29) is 0 Å². The second-order valence-corrected chi connectivity index (χ2v) is 4.37. The van der Waals surface area contributed by atoms with Gasteiger partial charge in [0.25, 0.3) is 0 Å². The van der Waals surface area contributed by atoms with Crippen molar-refractivity contribution in [3.8, 4) is 5.75 Å². The third-order valence-electron chi connectivity index (χ3n) is 2.94. The van der Waals surface area contributed by atoms with Gasteiger partial charge in [0.2, 0.25) is 0 Å². The standard InChI is InChI=1S/C15H17N3O/c1-10-9-14(11(2)8-12(10)16)18-17-13-6-4-5-7-15(13)19-3/h4-9H,16H2,1-3H3/b18-17+. The van der Waals surface area contributed by atoms with Crippen molar-refractivity contribution < 1.29 is 4.74 Å². The van der Waals surface area contributed by atoms with Crippen LogP contribution in [0.3, 0.4) is 0 Å². The minimum Gasteiger partial charge on any atom is -0.494 e. The van der Waals surface area contributed by atoms with Crippen LogP contribution in [0.2, 0.25) is 0 Å². The first kappa shape index (κ1) is 13.1. The summed E-state index contributed by atoms with van der Waals surface area (Å²) in [6.45, 7) is 3.92. The molecule has 0 fully saturated rings. The highest BCUT2D eigenvalue weighted by molar-refractivity contribution is 5.59. The summed E-state index contributed by atoms with van der Waals surface area (Å²) >= 11 is 0. The molecule has 4 nitrogen and oxygen atoms in total. The predicted molar refractivity (Wildman–Crippen MR) is 77.5 cm³/mol. The molecular weight excluding hydrogens is 238 g/mol. The van der Waals surface area contributed by atoms with E-state index in [4.69, 9.17) is 10.5 Å². The highest BCUT2D eigenvalue weighted by Crippen LogP contribution is 2.30. The van der Waals surface area contributed by atoms with Crippen LogP contribution in [-0.2, 0) is 0 Å². The van der Waals surface area contributed by atoms with Crippen LogP contribution < -0.4 is 10.5 Å². The molecule has 2 N–H and O–H groups in total.